The molecule has 1 aromatic heterocycles. The van der Waals surface area contributed by atoms with Gasteiger partial charge in [-0.25, -0.2) is 12.8 Å². The summed E-state index contributed by atoms with van der Waals surface area (Å²) in [6.45, 7) is 5.68. The predicted octanol–water partition coefficient (Wildman–Crippen LogP) is 6.20. The Kier molecular flexibility index (Phi) is 6.29. The second kappa shape index (κ2) is 9.04. The van der Waals surface area contributed by atoms with Gasteiger partial charge in [0.25, 0.3) is 0 Å². The van der Waals surface area contributed by atoms with Gasteiger partial charge in [0.1, 0.15) is 20.6 Å². The van der Waals surface area contributed by atoms with Gasteiger partial charge in [-0.2, -0.15) is 0 Å². The molecular weight excluding hydrogens is 471 g/mol. The maximum atomic E-state index is 13.7. The van der Waals surface area contributed by atoms with Crippen molar-refractivity contribution in [3.05, 3.63) is 99.7 Å². The topological polar surface area (TPSA) is 89.3 Å². The minimum absolute atomic E-state index is 0.0750. The molecule has 0 amide bonds. The summed E-state index contributed by atoms with van der Waals surface area (Å²) in [6, 6.07) is 17.2. The quantitative estimate of drug-likeness (QED) is 0.312. The first kappa shape index (κ1) is 23.7. The maximum absolute atomic E-state index is 13.7. The Labute approximate surface area is 202 Å². The summed E-state index contributed by atoms with van der Waals surface area (Å²) in [5, 5.41) is 3.47. The zero-order chi connectivity index (χ0) is 24.6. The number of nitrogen functional groups attached to an aromatic ring is 1. The lowest BCUT2D eigenvalue weighted by Crippen LogP contribution is -2.09. The standard InChI is InChI=1S/C26H23FN2O3S2/c1-15-7-13-20(14-8-15)34(31,32)25-21(28)24(23(30)18-9-11-19(27)12-10-18)33-26(25)29-22-16(2)5-4-6-17(22)3/h4-14,29H,28H2,1-3H3. The molecule has 34 heavy (non-hydrogen) atoms. The van der Waals surface area contributed by atoms with Crippen molar-refractivity contribution in [3.63, 3.8) is 0 Å². The summed E-state index contributed by atoms with van der Waals surface area (Å²) in [7, 11) is -4.05. The van der Waals surface area contributed by atoms with Crippen molar-refractivity contribution >= 4 is 43.3 Å². The average Bonchev–Trinajstić information content (AvgIpc) is 3.13. The number of nitrogens with one attached hydrogen (secondary N) is 1. The fourth-order valence-electron chi connectivity index (χ4n) is 3.64. The van der Waals surface area contributed by atoms with E-state index in [1.807, 2.05) is 39.0 Å². The van der Waals surface area contributed by atoms with E-state index in [9.17, 15) is 17.6 Å². The maximum Gasteiger partial charge on any atom is 0.211 e. The van der Waals surface area contributed by atoms with Crippen molar-refractivity contribution in [1.82, 2.24) is 0 Å². The molecule has 0 fully saturated rings. The lowest BCUT2D eigenvalue weighted by Gasteiger charge is -2.13. The first-order valence-corrected chi connectivity index (χ1v) is 12.8. The average molecular weight is 495 g/mol. The van der Waals surface area contributed by atoms with Gasteiger partial charge in [0.15, 0.2) is 0 Å². The zero-order valence-electron chi connectivity index (χ0n) is 18.8. The molecule has 3 N–H and O–H groups in total. The fraction of sp³-hybridized carbons (Fsp3) is 0.115. The van der Waals surface area contributed by atoms with Crippen molar-refractivity contribution in [1.29, 1.82) is 0 Å². The van der Waals surface area contributed by atoms with E-state index in [0.717, 1.165) is 33.7 Å². The molecule has 5 nitrogen and oxygen atoms in total. The zero-order valence-corrected chi connectivity index (χ0v) is 20.5. The van der Waals surface area contributed by atoms with E-state index in [4.69, 9.17) is 5.73 Å². The highest BCUT2D eigenvalue weighted by Gasteiger charge is 2.32. The van der Waals surface area contributed by atoms with Crippen molar-refractivity contribution in [2.75, 3.05) is 11.1 Å². The van der Waals surface area contributed by atoms with E-state index < -0.39 is 21.4 Å². The number of para-hydroxylation sites is 1. The summed E-state index contributed by atoms with van der Waals surface area (Å²) in [5.41, 5.74) is 9.92. The molecule has 0 spiro atoms. The van der Waals surface area contributed by atoms with Gasteiger partial charge in [-0.15, -0.1) is 11.3 Å². The van der Waals surface area contributed by atoms with Gasteiger partial charge in [-0.1, -0.05) is 35.9 Å². The third kappa shape index (κ3) is 4.34. The van der Waals surface area contributed by atoms with Crippen LogP contribution >= 0.6 is 11.3 Å². The SMILES string of the molecule is Cc1ccc(S(=O)(=O)c2c(Nc3c(C)cccc3C)sc(C(=O)c3ccc(F)cc3)c2N)cc1. The van der Waals surface area contributed by atoms with Crippen molar-refractivity contribution in [2.24, 2.45) is 0 Å². The molecule has 0 aliphatic rings. The number of rotatable bonds is 6. The van der Waals surface area contributed by atoms with Crippen LogP contribution in [-0.2, 0) is 9.84 Å². The lowest BCUT2D eigenvalue weighted by atomic mass is 10.1. The van der Waals surface area contributed by atoms with E-state index in [1.54, 1.807) is 12.1 Å². The Morgan fingerprint density at radius 2 is 1.50 bits per heavy atom. The van der Waals surface area contributed by atoms with Gasteiger partial charge in [-0.05, 0) is 68.3 Å². The number of sulfone groups is 1. The summed E-state index contributed by atoms with van der Waals surface area (Å²) >= 11 is 0.972. The predicted molar refractivity (Wildman–Crippen MR) is 134 cm³/mol. The van der Waals surface area contributed by atoms with Crippen molar-refractivity contribution in [2.45, 2.75) is 30.6 Å². The number of anilines is 3. The van der Waals surface area contributed by atoms with E-state index in [0.29, 0.717) is 0 Å². The van der Waals surface area contributed by atoms with Gasteiger partial charge in [0, 0.05) is 11.3 Å². The van der Waals surface area contributed by atoms with Crippen LogP contribution in [0.25, 0.3) is 0 Å². The Morgan fingerprint density at radius 3 is 2.09 bits per heavy atom. The minimum Gasteiger partial charge on any atom is -0.396 e. The van der Waals surface area contributed by atoms with Crippen LogP contribution in [0, 0.1) is 26.6 Å². The smallest absolute Gasteiger partial charge is 0.211 e. The molecule has 0 unspecified atom stereocenters. The molecule has 0 bridgehead atoms. The van der Waals surface area contributed by atoms with Gasteiger partial charge in [-0.3, -0.25) is 4.79 Å². The van der Waals surface area contributed by atoms with E-state index >= 15 is 0 Å². The molecule has 0 aliphatic heterocycles. The number of nitrogens with two attached hydrogens (primary N) is 1. The lowest BCUT2D eigenvalue weighted by molar-refractivity contribution is 0.104. The number of benzene rings is 3. The van der Waals surface area contributed by atoms with Crippen LogP contribution in [-0.4, -0.2) is 14.2 Å². The molecule has 4 aromatic rings. The van der Waals surface area contributed by atoms with Crippen LogP contribution < -0.4 is 11.1 Å². The van der Waals surface area contributed by atoms with Gasteiger partial charge in [0.05, 0.1) is 10.6 Å². The third-order valence-electron chi connectivity index (χ3n) is 5.53. The Balaban J connectivity index is 1.91. The molecule has 0 saturated carbocycles. The normalized spacial score (nSPS) is 11.4. The largest absolute Gasteiger partial charge is 0.396 e. The third-order valence-corrected chi connectivity index (χ3v) is 8.64. The monoisotopic (exact) mass is 494 g/mol. The molecule has 0 radical (unpaired) electrons. The first-order chi connectivity index (χ1) is 16.1. The van der Waals surface area contributed by atoms with Gasteiger partial charge in [0.2, 0.25) is 15.6 Å². The molecule has 174 valence electrons. The highest BCUT2D eigenvalue weighted by molar-refractivity contribution is 7.92. The number of hydrogen-bond acceptors (Lipinski definition) is 6. The van der Waals surface area contributed by atoms with Crippen molar-refractivity contribution < 1.29 is 17.6 Å². The van der Waals surface area contributed by atoms with Crippen LogP contribution in [0.5, 0.6) is 0 Å². The van der Waals surface area contributed by atoms with Crippen LogP contribution in [0.4, 0.5) is 20.8 Å². The molecule has 0 saturated heterocycles. The van der Waals surface area contributed by atoms with E-state index in [2.05, 4.69) is 5.32 Å². The molecule has 4 rings (SSSR count). The number of carbonyl (C=O) groups excluding carboxylic acids is 1. The number of halogens is 1. The number of carbonyl (C=O) groups is 1. The van der Waals surface area contributed by atoms with Gasteiger partial charge >= 0.3 is 0 Å². The molecule has 8 heteroatoms. The molecule has 3 aromatic carbocycles. The van der Waals surface area contributed by atoms with E-state index in [-0.39, 0.29) is 30.9 Å². The van der Waals surface area contributed by atoms with Crippen LogP contribution in [0.3, 0.4) is 0 Å². The van der Waals surface area contributed by atoms with Crippen LogP contribution in [0.15, 0.2) is 76.5 Å². The molecule has 1 heterocycles. The fourth-order valence-corrected chi connectivity index (χ4v) is 6.56. The highest BCUT2D eigenvalue weighted by Crippen LogP contribution is 2.44. The molecule has 0 aliphatic carbocycles. The number of hydrogen-bond donors (Lipinski definition) is 2. The van der Waals surface area contributed by atoms with Crippen LogP contribution in [0.1, 0.15) is 31.9 Å². The molecular formula is C26H23FN2O3S2. The number of ketones is 1. The number of thiophene rings is 1. The first-order valence-electron chi connectivity index (χ1n) is 10.5. The van der Waals surface area contributed by atoms with E-state index in [1.165, 1.54) is 36.4 Å². The molecule has 0 atom stereocenters. The number of aryl methyl sites for hydroxylation is 3. The Morgan fingerprint density at radius 1 is 0.912 bits per heavy atom. The van der Waals surface area contributed by atoms with Crippen LogP contribution in [0.2, 0.25) is 0 Å². The highest BCUT2D eigenvalue weighted by atomic mass is 32.2. The summed E-state index contributed by atoms with van der Waals surface area (Å²) in [5.74, 6) is -0.951. The summed E-state index contributed by atoms with van der Waals surface area (Å²) in [6.07, 6.45) is 0. The Hall–Kier alpha value is -3.49. The second-order valence-corrected chi connectivity index (χ2v) is 11.0. The second-order valence-electron chi connectivity index (χ2n) is 8.05. The minimum atomic E-state index is -4.05. The van der Waals surface area contributed by atoms with Gasteiger partial charge < -0.3 is 11.1 Å². The summed E-state index contributed by atoms with van der Waals surface area (Å²) in [4.78, 5) is 13.2. The Bertz CT molecular complexity index is 1470. The van der Waals surface area contributed by atoms with Crippen molar-refractivity contribution in [3.8, 4) is 0 Å². The summed E-state index contributed by atoms with van der Waals surface area (Å²) < 4.78 is 40.7.